The molecule has 1 saturated heterocycles. The number of hydrogen-bond donors (Lipinski definition) is 1. The van der Waals surface area contributed by atoms with Crippen LogP contribution in [-0.2, 0) is 0 Å². The largest absolute Gasteiger partial charge is 0.316 e. The first kappa shape index (κ1) is 10.8. The Hall–Kier alpha value is -0.240. The van der Waals surface area contributed by atoms with Gasteiger partial charge in [0.25, 0.3) is 0 Å². The van der Waals surface area contributed by atoms with E-state index in [0.29, 0.717) is 5.92 Å². The van der Waals surface area contributed by atoms with Crippen LogP contribution in [0, 0.1) is 0 Å². The van der Waals surface area contributed by atoms with Gasteiger partial charge in [-0.2, -0.15) is 0 Å². The second-order valence-corrected chi connectivity index (χ2v) is 3.62. The van der Waals surface area contributed by atoms with E-state index in [2.05, 4.69) is 17.4 Å². The topological polar surface area (TPSA) is 12.0 Å². The minimum atomic E-state index is 0. The van der Waals surface area contributed by atoms with Crippen molar-refractivity contribution in [2.75, 3.05) is 13.1 Å². The molecule has 1 nitrogen and oxygen atoms in total. The molecule has 13 heavy (non-hydrogen) atoms. The van der Waals surface area contributed by atoms with Crippen LogP contribution in [0.5, 0.6) is 0 Å². The number of benzene rings is 1. The fourth-order valence-electron chi connectivity index (χ4n) is 1.73. The van der Waals surface area contributed by atoms with Crippen molar-refractivity contribution in [2.24, 2.45) is 0 Å². The second-order valence-electron chi connectivity index (χ2n) is 3.21. The predicted octanol–water partition coefficient (Wildman–Crippen LogP) is 2.84. The summed E-state index contributed by atoms with van der Waals surface area (Å²) in [4.78, 5) is 0. The first-order valence-corrected chi connectivity index (χ1v) is 4.71. The fourth-order valence-corrected chi connectivity index (χ4v) is 2.02. The van der Waals surface area contributed by atoms with Gasteiger partial charge in [0, 0.05) is 11.6 Å². The quantitative estimate of drug-likeness (QED) is 0.764. The Bertz CT molecular complexity index is 269. The summed E-state index contributed by atoms with van der Waals surface area (Å²) in [7, 11) is 0. The van der Waals surface area contributed by atoms with Crippen molar-refractivity contribution in [2.45, 2.75) is 12.3 Å². The zero-order chi connectivity index (χ0) is 8.39. The van der Waals surface area contributed by atoms with E-state index < -0.39 is 0 Å². The molecule has 0 spiro atoms. The van der Waals surface area contributed by atoms with Crippen molar-refractivity contribution in [1.82, 2.24) is 5.32 Å². The lowest BCUT2D eigenvalue weighted by Crippen LogP contribution is -2.08. The van der Waals surface area contributed by atoms with E-state index in [9.17, 15) is 0 Å². The van der Waals surface area contributed by atoms with Crippen LogP contribution in [0.4, 0.5) is 0 Å². The smallest absolute Gasteiger partial charge is 0.0441 e. The van der Waals surface area contributed by atoms with Gasteiger partial charge in [-0.3, -0.25) is 0 Å². The lowest BCUT2D eigenvalue weighted by Gasteiger charge is -2.09. The number of halogens is 2. The summed E-state index contributed by atoms with van der Waals surface area (Å²) >= 11 is 6.08. The molecule has 1 atom stereocenters. The van der Waals surface area contributed by atoms with Crippen LogP contribution in [0.25, 0.3) is 0 Å². The van der Waals surface area contributed by atoms with E-state index in [4.69, 9.17) is 11.6 Å². The molecular weight excluding hydrogens is 205 g/mol. The molecule has 0 saturated carbocycles. The van der Waals surface area contributed by atoms with E-state index in [0.717, 1.165) is 18.1 Å². The zero-order valence-electron chi connectivity index (χ0n) is 7.29. The van der Waals surface area contributed by atoms with Crippen LogP contribution < -0.4 is 5.32 Å². The molecule has 0 radical (unpaired) electrons. The first-order valence-electron chi connectivity index (χ1n) is 4.33. The average molecular weight is 218 g/mol. The molecule has 0 amide bonds. The summed E-state index contributed by atoms with van der Waals surface area (Å²) in [6, 6.07) is 8.13. The maximum Gasteiger partial charge on any atom is 0.0441 e. The molecule has 0 unspecified atom stereocenters. The van der Waals surface area contributed by atoms with Gasteiger partial charge in [0.1, 0.15) is 0 Å². The summed E-state index contributed by atoms with van der Waals surface area (Å²) < 4.78 is 0. The Kier molecular flexibility index (Phi) is 4.04. The van der Waals surface area contributed by atoms with E-state index in [1.54, 1.807) is 0 Å². The number of hydrogen-bond acceptors (Lipinski definition) is 1. The lowest BCUT2D eigenvalue weighted by atomic mass is 9.99. The van der Waals surface area contributed by atoms with Crippen LogP contribution >= 0.6 is 24.0 Å². The summed E-state index contributed by atoms with van der Waals surface area (Å²) in [5, 5.41) is 4.25. The lowest BCUT2D eigenvalue weighted by molar-refractivity contribution is 0.764. The van der Waals surface area contributed by atoms with Gasteiger partial charge < -0.3 is 5.32 Å². The monoisotopic (exact) mass is 217 g/mol. The summed E-state index contributed by atoms with van der Waals surface area (Å²) in [6.45, 7) is 2.19. The van der Waals surface area contributed by atoms with Crippen LogP contribution in [0.15, 0.2) is 24.3 Å². The van der Waals surface area contributed by atoms with Gasteiger partial charge in [0.2, 0.25) is 0 Å². The van der Waals surface area contributed by atoms with Crippen molar-refractivity contribution in [3.63, 3.8) is 0 Å². The van der Waals surface area contributed by atoms with Crippen LogP contribution in [-0.4, -0.2) is 13.1 Å². The Balaban J connectivity index is 0.000000845. The summed E-state index contributed by atoms with van der Waals surface area (Å²) in [5.74, 6) is 0.624. The van der Waals surface area contributed by atoms with Crippen molar-refractivity contribution in [1.29, 1.82) is 0 Å². The standard InChI is InChI=1S/C10H12ClN.ClH/c11-10-4-2-1-3-9(10)8-5-6-12-7-8;/h1-4,8,12H,5-7H2;1H/t8-;/m1./s1. The number of rotatable bonds is 1. The molecule has 1 heterocycles. The highest BCUT2D eigenvalue weighted by atomic mass is 35.5. The fraction of sp³-hybridized carbons (Fsp3) is 0.400. The van der Waals surface area contributed by atoms with Gasteiger partial charge in [0.15, 0.2) is 0 Å². The van der Waals surface area contributed by atoms with Crippen LogP contribution in [0.3, 0.4) is 0 Å². The molecule has 2 rings (SSSR count). The molecule has 3 heteroatoms. The molecule has 1 N–H and O–H groups in total. The maximum atomic E-state index is 6.08. The van der Waals surface area contributed by atoms with Crippen molar-refractivity contribution in [3.05, 3.63) is 34.9 Å². The normalized spacial score (nSPS) is 21.2. The highest BCUT2D eigenvalue weighted by molar-refractivity contribution is 6.31. The van der Waals surface area contributed by atoms with Gasteiger partial charge in [0.05, 0.1) is 0 Å². The van der Waals surface area contributed by atoms with Crippen molar-refractivity contribution < 1.29 is 0 Å². The molecule has 1 aromatic carbocycles. The molecule has 0 aliphatic carbocycles. The highest BCUT2D eigenvalue weighted by Crippen LogP contribution is 2.28. The van der Waals surface area contributed by atoms with Crippen LogP contribution in [0.2, 0.25) is 5.02 Å². The van der Waals surface area contributed by atoms with E-state index in [1.807, 2.05) is 12.1 Å². The third-order valence-electron chi connectivity index (χ3n) is 2.41. The Labute approximate surface area is 89.9 Å². The van der Waals surface area contributed by atoms with Crippen LogP contribution in [0.1, 0.15) is 17.9 Å². The van der Waals surface area contributed by atoms with Gasteiger partial charge in [-0.1, -0.05) is 29.8 Å². The molecule has 1 aromatic rings. The minimum Gasteiger partial charge on any atom is -0.316 e. The molecule has 0 bridgehead atoms. The van der Waals surface area contributed by atoms with E-state index >= 15 is 0 Å². The SMILES string of the molecule is Cl.Clc1ccccc1[C@@H]1CCNC1. The van der Waals surface area contributed by atoms with Crippen molar-refractivity contribution in [3.8, 4) is 0 Å². The van der Waals surface area contributed by atoms with Gasteiger partial charge in [-0.15, -0.1) is 12.4 Å². The molecule has 1 aliphatic rings. The first-order chi connectivity index (χ1) is 5.88. The average Bonchev–Trinajstić information content (AvgIpc) is 2.57. The Morgan fingerprint density at radius 2 is 2.08 bits per heavy atom. The third kappa shape index (κ3) is 2.37. The predicted molar refractivity (Wildman–Crippen MR) is 58.9 cm³/mol. The Morgan fingerprint density at radius 1 is 1.31 bits per heavy atom. The summed E-state index contributed by atoms with van der Waals surface area (Å²) in [6.07, 6.45) is 1.21. The van der Waals surface area contributed by atoms with Gasteiger partial charge >= 0.3 is 0 Å². The van der Waals surface area contributed by atoms with Gasteiger partial charge in [-0.05, 0) is 30.5 Å². The molecule has 1 aliphatic heterocycles. The maximum absolute atomic E-state index is 6.08. The number of nitrogens with one attached hydrogen (secondary N) is 1. The second kappa shape index (κ2) is 4.85. The molecule has 1 fully saturated rings. The molecular formula is C10H13Cl2N. The Morgan fingerprint density at radius 3 is 2.69 bits per heavy atom. The molecule has 72 valence electrons. The highest BCUT2D eigenvalue weighted by Gasteiger charge is 2.17. The third-order valence-corrected chi connectivity index (χ3v) is 2.75. The molecule has 0 aromatic heterocycles. The summed E-state index contributed by atoms with van der Waals surface area (Å²) in [5.41, 5.74) is 1.30. The van der Waals surface area contributed by atoms with Gasteiger partial charge in [-0.25, -0.2) is 0 Å². The minimum absolute atomic E-state index is 0. The zero-order valence-corrected chi connectivity index (χ0v) is 8.87. The van der Waals surface area contributed by atoms with E-state index in [1.165, 1.54) is 12.0 Å². The van der Waals surface area contributed by atoms with Crippen molar-refractivity contribution >= 4 is 24.0 Å². The van der Waals surface area contributed by atoms with E-state index in [-0.39, 0.29) is 12.4 Å².